The summed E-state index contributed by atoms with van der Waals surface area (Å²) in [6, 6.07) is 77.2. The van der Waals surface area contributed by atoms with Crippen LogP contribution in [-0.4, -0.2) is 9.13 Å². The third-order valence-electron chi connectivity index (χ3n) is 13.5. The highest BCUT2D eigenvalue weighted by Crippen LogP contribution is 2.53. The van der Waals surface area contributed by atoms with Gasteiger partial charge in [-0.15, -0.1) is 0 Å². The first kappa shape index (κ1) is 36.4. The minimum atomic E-state index is 0.534. The van der Waals surface area contributed by atoms with Gasteiger partial charge >= 0.3 is 0 Å². The third-order valence-corrected chi connectivity index (χ3v) is 13.5. The highest BCUT2D eigenvalue weighted by atomic mass is 16.3. The average Bonchev–Trinajstić information content (AvgIpc) is 4.12. The van der Waals surface area contributed by atoms with E-state index in [2.05, 4.69) is 203 Å². The molecule has 4 heterocycles. The lowest BCUT2D eigenvalue weighted by Crippen LogP contribution is -2.11. The van der Waals surface area contributed by atoms with E-state index in [0.29, 0.717) is 5.56 Å². The van der Waals surface area contributed by atoms with Crippen LogP contribution in [-0.2, 0) is 0 Å². The molecular formula is C61H35N3O2. The lowest BCUT2D eigenvalue weighted by Gasteiger charge is -2.27. The number of hydrogen-bond acceptors (Lipinski definition) is 3. The van der Waals surface area contributed by atoms with Gasteiger partial charge in [0, 0.05) is 71.9 Å². The van der Waals surface area contributed by atoms with Gasteiger partial charge in [0.2, 0.25) is 0 Å². The van der Waals surface area contributed by atoms with Crippen molar-refractivity contribution in [2.45, 2.75) is 0 Å². The number of nitrogens with zero attached hydrogens (tertiary/aromatic N) is 3. The normalized spacial score (nSPS) is 11.9. The van der Waals surface area contributed by atoms with Crippen molar-refractivity contribution >= 4 is 87.5 Å². The molecule has 0 unspecified atom stereocenters. The quantitative estimate of drug-likeness (QED) is 0.173. The molecule has 0 aliphatic rings. The Morgan fingerprint density at radius 3 is 1.09 bits per heavy atom. The first-order valence-electron chi connectivity index (χ1n) is 22.2. The SMILES string of the molecule is N#Cc1c(-n2c3ccccc3c3cc4c(cc32)oc2ccccc24)c(-c2ccccc2)c(-c2ccccc2)c(-c2ccccc2)c1-n1c2ccccc2c2cc3c(cc21)oc1ccccc13. The fourth-order valence-electron chi connectivity index (χ4n) is 10.8. The molecule has 0 saturated carbocycles. The van der Waals surface area contributed by atoms with Gasteiger partial charge < -0.3 is 18.0 Å². The molecule has 0 bridgehead atoms. The van der Waals surface area contributed by atoms with Crippen molar-refractivity contribution in [1.82, 2.24) is 9.13 Å². The van der Waals surface area contributed by atoms with Crippen molar-refractivity contribution in [2.24, 2.45) is 0 Å². The van der Waals surface area contributed by atoms with Crippen LogP contribution in [0.3, 0.4) is 0 Å². The monoisotopic (exact) mass is 841 g/mol. The van der Waals surface area contributed by atoms with E-state index in [4.69, 9.17) is 8.83 Å². The second-order valence-corrected chi connectivity index (χ2v) is 17.0. The summed E-state index contributed by atoms with van der Waals surface area (Å²) < 4.78 is 17.9. The summed E-state index contributed by atoms with van der Waals surface area (Å²) in [4.78, 5) is 0. The molecule has 10 aromatic carbocycles. The first-order chi connectivity index (χ1) is 32.7. The Balaban J connectivity index is 1.26. The van der Waals surface area contributed by atoms with Crippen LogP contribution in [0.15, 0.2) is 221 Å². The lowest BCUT2D eigenvalue weighted by molar-refractivity contribution is 0.669. The van der Waals surface area contributed by atoms with Crippen molar-refractivity contribution in [3.63, 3.8) is 0 Å². The van der Waals surface area contributed by atoms with Crippen molar-refractivity contribution in [3.05, 3.63) is 218 Å². The van der Waals surface area contributed by atoms with E-state index in [1.54, 1.807) is 0 Å². The summed E-state index contributed by atoms with van der Waals surface area (Å²) in [5, 5.41) is 20.9. The van der Waals surface area contributed by atoms with Gasteiger partial charge in [-0.3, -0.25) is 0 Å². The summed E-state index contributed by atoms with van der Waals surface area (Å²) in [5.41, 5.74) is 15.2. The van der Waals surface area contributed by atoms with E-state index >= 15 is 0 Å². The summed E-state index contributed by atoms with van der Waals surface area (Å²) in [7, 11) is 0. The van der Waals surface area contributed by atoms with Crippen LogP contribution < -0.4 is 0 Å². The number of para-hydroxylation sites is 4. The minimum absolute atomic E-state index is 0.534. The molecule has 5 heteroatoms. The van der Waals surface area contributed by atoms with E-state index in [1.807, 2.05) is 24.3 Å². The molecule has 306 valence electrons. The minimum Gasteiger partial charge on any atom is -0.456 e. The Kier molecular flexibility index (Phi) is 7.69. The highest BCUT2D eigenvalue weighted by molar-refractivity contribution is 6.21. The average molecular weight is 842 g/mol. The Morgan fingerprint density at radius 1 is 0.303 bits per heavy atom. The molecule has 0 radical (unpaired) electrons. The van der Waals surface area contributed by atoms with Crippen LogP contribution in [0.2, 0.25) is 0 Å². The Morgan fingerprint density at radius 2 is 0.667 bits per heavy atom. The van der Waals surface area contributed by atoms with Gasteiger partial charge in [-0.25, -0.2) is 0 Å². The van der Waals surface area contributed by atoms with Crippen molar-refractivity contribution < 1.29 is 8.83 Å². The van der Waals surface area contributed by atoms with E-state index < -0.39 is 0 Å². The van der Waals surface area contributed by atoms with E-state index in [-0.39, 0.29) is 0 Å². The number of benzene rings is 10. The van der Waals surface area contributed by atoms with Crippen molar-refractivity contribution in [3.8, 4) is 50.8 Å². The smallest absolute Gasteiger partial charge is 0.137 e. The van der Waals surface area contributed by atoms with E-state index in [9.17, 15) is 5.26 Å². The number of rotatable bonds is 5. The molecule has 0 amide bonds. The molecule has 0 N–H and O–H groups in total. The molecule has 0 spiro atoms. The molecule has 14 aromatic rings. The molecule has 0 saturated heterocycles. The third kappa shape index (κ3) is 5.09. The van der Waals surface area contributed by atoms with Crippen molar-refractivity contribution in [2.75, 3.05) is 0 Å². The Hall–Kier alpha value is -9.11. The van der Waals surface area contributed by atoms with Gasteiger partial charge in [0.1, 0.15) is 34.0 Å². The summed E-state index contributed by atoms with van der Waals surface area (Å²) in [6.07, 6.45) is 0. The molecule has 0 aliphatic carbocycles. The fraction of sp³-hybridized carbons (Fsp3) is 0. The zero-order valence-electron chi connectivity index (χ0n) is 35.4. The van der Waals surface area contributed by atoms with E-state index in [0.717, 1.165) is 132 Å². The zero-order valence-corrected chi connectivity index (χ0v) is 35.4. The number of aromatic nitrogens is 2. The van der Waals surface area contributed by atoms with E-state index in [1.165, 1.54) is 0 Å². The van der Waals surface area contributed by atoms with Gasteiger partial charge in [0.15, 0.2) is 0 Å². The van der Waals surface area contributed by atoms with Gasteiger partial charge in [-0.1, -0.05) is 164 Å². The number of furan rings is 2. The number of hydrogen-bond donors (Lipinski definition) is 0. The molecule has 0 fully saturated rings. The maximum Gasteiger partial charge on any atom is 0.137 e. The molecule has 0 atom stereocenters. The highest BCUT2D eigenvalue weighted by Gasteiger charge is 2.32. The van der Waals surface area contributed by atoms with Crippen molar-refractivity contribution in [1.29, 1.82) is 5.26 Å². The number of nitriles is 1. The number of fused-ring (bicyclic) bond motifs is 12. The lowest BCUT2D eigenvalue weighted by atomic mass is 9.82. The fourth-order valence-corrected chi connectivity index (χ4v) is 10.8. The molecule has 5 nitrogen and oxygen atoms in total. The maximum atomic E-state index is 12.3. The predicted molar refractivity (Wildman–Crippen MR) is 271 cm³/mol. The molecule has 66 heavy (non-hydrogen) atoms. The van der Waals surface area contributed by atoms with Crippen LogP contribution in [0, 0.1) is 11.3 Å². The largest absolute Gasteiger partial charge is 0.456 e. The molecular weight excluding hydrogens is 807 g/mol. The summed E-state index contributed by atoms with van der Waals surface area (Å²) in [5.74, 6) is 0. The second kappa shape index (κ2) is 13.9. The second-order valence-electron chi connectivity index (χ2n) is 17.0. The van der Waals surface area contributed by atoms with Gasteiger partial charge in [0.25, 0.3) is 0 Å². The Labute approximate surface area is 377 Å². The van der Waals surface area contributed by atoms with Crippen LogP contribution in [0.25, 0.3) is 132 Å². The molecule has 14 rings (SSSR count). The van der Waals surface area contributed by atoms with Crippen LogP contribution in [0.5, 0.6) is 0 Å². The topological polar surface area (TPSA) is 59.9 Å². The van der Waals surface area contributed by atoms with Gasteiger partial charge in [-0.2, -0.15) is 5.26 Å². The standard InChI is InChI=1S/C61H35N3O2/c62-36-48-60(63-49-28-14-10-24-40(49)44-32-46-42-26-12-16-30-53(42)65-55(46)34-51(44)63)58(38-20-6-2-7-21-38)57(37-18-4-1-5-19-37)59(39-22-8-3-9-23-39)61(48)64-50-29-15-11-25-41(50)45-33-47-43-27-13-17-31-54(43)66-56(47)35-52(45)64/h1-35H. The van der Waals surface area contributed by atoms with Crippen LogP contribution >= 0.6 is 0 Å². The van der Waals surface area contributed by atoms with Crippen LogP contribution in [0.1, 0.15) is 5.56 Å². The molecule has 0 aliphatic heterocycles. The predicted octanol–water partition coefficient (Wildman–Crippen LogP) is 16.6. The Bertz CT molecular complexity index is 4080. The van der Waals surface area contributed by atoms with Crippen LogP contribution in [0.4, 0.5) is 0 Å². The maximum absolute atomic E-state index is 12.3. The van der Waals surface area contributed by atoms with Gasteiger partial charge in [-0.05, 0) is 53.1 Å². The summed E-state index contributed by atoms with van der Waals surface area (Å²) in [6.45, 7) is 0. The molecule has 4 aromatic heterocycles. The zero-order chi connectivity index (χ0) is 43.5. The first-order valence-corrected chi connectivity index (χ1v) is 22.2. The van der Waals surface area contributed by atoms with Gasteiger partial charge in [0.05, 0.1) is 33.4 Å². The summed E-state index contributed by atoms with van der Waals surface area (Å²) >= 11 is 0.